The Morgan fingerprint density at radius 1 is 1.32 bits per heavy atom. The highest BCUT2D eigenvalue weighted by atomic mass is 16.3. The summed E-state index contributed by atoms with van der Waals surface area (Å²) < 4.78 is 5.33. The van der Waals surface area contributed by atoms with Gasteiger partial charge in [0.05, 0.1) is 18.1 Å². The number of anilines is 2. The molecule has 0 bridgehead atoms. The Morgan fingerprint density at radius 3 is 2.74 bits per heavy atom. The molecular formula is C15H21N3O. The number of furan rings is 1. The predicted molar refractivity (Wildman–Crippen MR) is 78.7 cm³/mol. The van der Waals surface area contributed by atoms with E-state index in [2.05, 4.69) is 23.3 Å². The van der Waals surface area contributed by atoms with Crippen LogP contribution in [0, 0.1) is 0 Å². The third-order valence-electron chi connectivity index (χ3n) is 3.02. The van der Waals surface area contributed by atoms with Gasteiger partial charge >= 0.3 is 0 Å². The summed E-state index contributed by atoms with van der Waals surface area (Å²) in [5.41, 5.74) is 1.05. The number of rotatable bonds is 6. The average Bonchev–Trinajstić information content (AvgIpc) is 2.90. The Morgan fingerprint density at radius 2 is 2.16 bits per heavy atom. The molecule has 4 nitrogen and oxygen atoms in total. The van der Waals surface area contributed by atoms with Gasteiger partial charge in [-0.15, -0.1) is 0 Å². The van der Waals surface area contributed by atoms with E-state index in [0.29, 0.717) is 6.04 Å². The first-order valence-electron chi connectivity index (χ1n) is 6.57. The molecule has 19 heavy (non-hydrogen) atoms. The Bertz CT molecular complexity index is 477. The van der Waals surface area contributed by atoms with Crippen LogP contribution in [0.3, 0.4) is 0 Å². The molecule has 102 valence electrons. The van der Waals surface area contributed by atoms with Gasteiger partial charge in [-0.2, -0.15) is 0 Å². The van der Waals surface area contributed by atoms with Crippen molar-refractivity contribution in [3.8, 4) is 0 Å². The van der Waals surface area contributed by atoms with Crippen LogP contribution in [0.4, 0.5) is 11.5 Å². The molecule has 4 heteroatoms. The number of hydrogen-bond donors (Lipinski definition) is 1. The molecule has 2 heterocycles. The average molecular weight is 259 g/mol. The Labute approximate surface area is 114 Å². The fraction of sp³-hybridized carbons (Fsp3) is 0.400. The van der Waals surface area contributed by atoms with Crippen molar-refractivity contribution in [2.24, 2.45) is 0 Å². The first-order chi connectivity index (χ1) is 9.15. The van der Waals surface area contributed by atoms with Crippen LogP contribution in [-0.4, -0.2) is 25.1 Å². The summed E-state index contributed by atoms with van der Waals surface area (Å²) in [6.45, 7) is 2.17. The molecule has 0 aliphatic rings. The van der Waals surface area contributed by atoms with E-state index in [9.17, 15) is 0 Å². The van der Waals surface area contributed by atoms with Gasteiger partial charge in [-0.05, 0) is 37.6 Å². The molecular weight excluding hydrogens is 238 g/mol. The minimum absolute atomic E-state index is 0.386. The minimum atomic E-state index is 0.386. The van der Waals surface area contributed by atoms with Crippen molar-refractivity contribution < 1.29 is 4.42 Å². The number of pyridine rings is 1. The molecule has 2 rings (SSSR count). The Balaban J connectivity index is 1.82. The van der Waals surface area contributed by atoms with Gasteiger partial charge in [0.2, 0.25) is 0 Å². The predicted octanol–water partition coefficient (Wildman–Crippen LogP) is 3.17. The van der Waals surface area contributed by atoms with Gasteiger partial charge in [0, 0.05) is 26.6 Å². The Kier molecular flexibility index (Phi) is 4.44. The molecule has 1 unspecified atom stereocenters. The smallest absolute Gasteiger partial charge is 0.128 e. The summed E-state index contributed by atoms with van der Waals surface area (Å²) in [4.78, 5) is 6.38. The summed E-state index contributed by atoms with van der Waals surface area (Å²) in [7, 11) is 3.98. The van der Waals surface area contributed by atoms with E-state index in [-0.39, 0.29) is 0 Å². The second kappa shape index (κ2) is 6.27. The van der Waals surface area contributed by atoms with Crippen LogP contribution in [0.2, 0.25) is 0 Å². The minimum Gasteiger partial charge on any atom is -0.469 e. The summed E-state index contributed by atoms with van der Waals surface area (Å²) in [6, 6.07) is 8.40. The molecule has 0 saturated heterocycles. The van der Waals surface area contributed by atoms with Crippen molar-refractivity contribution in [2.45, 2.75) is 25.8 Å². The highest BCUT2D eigenvalue weighted by Gasteiger charge is 2.05. The monoisotopic (exact) mass is 259 g/mol. The third-order valence-corrected chi connectivity index (χ3v) is 3.02. The van der Waals surface area contributed by atoms with Gasteiger partial charge in [-0.1, -0.05) is 0 Å². The Hall–Kier alpha value is -1.97. The first-order valence-corrected chi connectivity index (χ1v) is 6.57. The zero-order valence-corrected chi connectivity index (χ0v) is 11.8. The molecule has 0 amide bonds. The van der Waals surface area contributed by atoms with Gasteiger partial charge in [-0.3, -0.25) is 0 Å². The van der Waals surface area contributed by atoms with Crippen molar-refractivity contribution in [1.29, 1.82) is 0 Å². The van der Waals surface area contributed by atoms with Gasteiger partial charge in [0.25, 0.3) is 0 Å². The highest BCUT2D eigenvalue weighted by Crippen LogP contribution is 2.14. The lowest BCUT2D eigenvalue weighted by molar-refractivity contribution is 0.495. The second-order valence-electron chi connectivity index (χ2n) is 4.96. The van der Waals surface area contributed by atoms with Crippen molar-refractivity contribution in [3.63, 3.8) is 0 Å². The molecule has 0 fully saturated rings. The topological polar surface area (TPSA) is 41.3 Å². The molecule has 1 N–H and O–H groups in total. The van der Waals surface area contributed by atoms with Gasteiger partial charge in [0.15, 0.2) is 0 Å². The maximum absolute atomic E-state index is 5.33. The quantitative estimate of drug-likeness (QED) is 0.865. The van der Waals surface area contributed by atoms with Crippen LogP contribution in [-0.2, 0) is 6.42 Å². The first kappa shape index (κ1) is 13.5. The van der Waals surface area contributed by atoms with E-state index in [1.807, 2.05) is 43.4 Å². The summed E-state index contributed by atoms with van der Waals surface area (Å²) >= 11 is 0. The van der Waals surface area contributed by atoms with Gasteiger partial charge in [-0.25, -0.2) is 4.98 Å². The number of nitrogens with zero attached hydrogens (tertiary/aromatic N) is 2. The number of hydrogen-bond acceptors (Lipinski definition) is 4. The lowest BCUT2D eigenvalue weighted by Gasteiger charge is -2.16. The van der Waals surface area contributed by atoms with Gasteiger partial charge in [0.1, 0.15) is 11.6 Å². The van der Waals surface area contributed by atoms with Gasteiger partial charge < -0.3 is 14.6 Å². The van der Waals surface area contributed by atoms with E-state index in [4.69, 9.17) is 4.42 Å². The number of nitrogens with one attached hydrogen (secondary N) is 1. The van der Waals surface area contributed by atoms with Crippen LogP contribution in [0.5, 0.6) is 0 Å². The third kappa shape index (κ3) is 4.02. The lowest BCUT2D eigenvalue weighted by atomic mass is 10.1. The fourth-order valence-corrected chi connectivity index (χ4v) is 1.91. The maximum atomic E-state index is 5.33. The summed E-state index contributed by atoms with van der Waals surface area (Å²) in [5.74, 6) is 2.00. The molecule has 1 atom stereocenters. The van der Waals surface area contributed by atoms with Crippen molar-refractivity contribution in [3.05, 3.63) is 42.5 Å². The summed E-state index contributed by atoms with van der Waals surface area (Å²) in [5, 5.41) is 3.45. The van der Waals surface area contributed by atoms with Crippen LogP contribution in [0.25, 0.3) is 0 Å². The molecule has 0 spiro atoms. The standard InChI is InChI=1S/C15H21N3O/c1-12(6-8-14-5-4-10-19-14)17-13-7-9-15(16-11-13)18(2)3/h4-5,7,9-12,17H,6,8H2,1-3H3. The van der Waals surface area contributed by atoms with Crippen LogP contribution in [0.15, 0.2) is 41.1 Å². The zero-order valence-electron chi connectivity index (χ0n) is 11.8. The van der Waals surface area contributed by atoms with E-state index in [1.165, 1.54) is 0 Å². The zero-order chi connectivity index (χ0) is 13.7. The van der Waals surface area contributed by atoms with E-state index < -0.39 is 0 Å². The SMILES string of the molecule is CC(CCc1ccco1)Nc1ccc(N(C)C)nc1. The highest BCUT2D eigenvalue weighted by molar-refractivity contribution is 5.48. The molecule has 2 aromatic rings. The van der Waals surface area contributed by atoms with E-state index in [0.717, 1.165) is 30.1 Å². The molecule has 0 aromatic carbocycles. The molecule has 2 aromatic heterocycles. The second-order valence-corrected chi connectivity index (χ2v) is 4.96. The van der Waals surface area contributed by atoms with Crippen LogP contribution in [0.1, 0.15) is 19.1 Å². The largest absolute Gasteiger partial charge is 0.469 e. The molecule has 0 radical (unpaired) electrons. The number of aryl methyl sites for hydroxylation is 1. The maximum Gasteiger partial charge on any atom is 0.128 e. The van der Waals surface area contributed by atoms with Crippen molar-refractivity contribution in [1.82, 2.24) is 4.98 Å². The van der Waals surface area contributed by atoms with Crippen LogP contribution >= 0.6 is 0 Å². The lowest BCUT2D eigenvalue weighted by Crippen LogP contribution is -2.16. The molecule has 0 saturated carbocycles. The summed E-state index contributed by atoms with van der Waals surface area (Å²) in [6.07, 6.45) is 5.57. The van der Waals surface area contributed by atoms with Crippen LogP contribution < -0.4 is 10.2 Å². The fourth-order valence-electron chi connectivity index (χ4n) is 1.91. The molecule has 0 aliphatic carbocycles. The van der Waals surface area contributed by atoms with E-state index >= 15 is 0 Å². The van der Waals surface area contributed by atoms with Crippen molar-refractivity contribution in [2.75, 3.05) is 24.3 Å². The van der Waals surface area contributed by atoms with E-state index in [1.54, 1.807) is 6.26 Å². The molecule has 0 aliphatic heterocycles. The number of aromatic nitrogens is 1. The normalized spacial score (nSPS) is 12.2. The van der Waals surface area contributed by atoms with Crippen molar-refractivity contribution >= 4 is 11.5 Å².